The lowest BCUT2D eigenvalue weighted by Gasteiger charge is -2.27. The van der Waals surface area contributed by atoms with Crippen molar-refractivity contribution in [2.45, 2.75) is 32.4 Å². The van der Waals surface area contributed by atoms with E-state index in [9.17, 15) is 5.11 Å². The summed E-state index contributed by atoms with van der Waals surface area (Å²) >= 11 is 0. The smallest absolute Gasteiger partial charge is 0.138 e. The molecule has 1 aliphatic heterocycles. The van der Waals surface area contributed by atoms with Crippen molar-refractivity contribution in [3.8, 4) is 0 Å². The van der Waals surface area contributed by atoms with Gasteiger partial charge in [0.2, 0.25) is 0 Å². The predicted molar refractivity (Wildman–Crippen MR) is 54.3 cm³/mol. The van der Waals surface area contributed by atoms with Crippen molar-refractivity contribution in [2.75, 3.05) is 13.2 Å². The van der Waals surface area contributed by atoms with Crippen LogP contribution in [0, 0.1) is 5.92 Å². The fraction of sp³-hybridized carbons (Fsp3) is 0.800. The van der Waals surface area contributed by atoms with Crippen molar-refractivity contribution >= 4 is 0 Å². The summed E-state index contributed by atoms with van der Waals surface area (Å²) in [6.07, 6.45) is 2.77. The SMILES string of the molecule is CCn1ncnc1CC1COCCC1O. The number of aliphatic hydroxyl groups is 1. The average Bonchev–Trinajstić information content (AvgIpc) is 2.69. The van der Waals surface area contributed by atoms with Crippen LogP contribution in [-0.2, 0) is 17.7 Å². The number of hydrogen-bond acceptors (Lipinski definition) is 4. The van der Waals surface area contributed by atoms with Crippen LogP contribution in [0.1, 0.15) is 19.2 Å². The van der Waals surface area contributed by atoms with Gasteiger partial charge in [0.05, 0.1) is 12.7 Å². The van der Waals surface area contributed by atoms with E-state index in [-0.39, 0.29) is 12.0 Å². The Morgan fingerprint density at radius 2 is 2.53 bits per heavy atom. The standard InChI is InChI=1S/C10H17N3O2/c1-2-13-10(11-7-12-13)5-8-6-15-4-3-9(8)14/h7-9,14H,2-6H2,1H3. The molecule has 2 atom stereocenters. The second kappa shape index (κ2) is 4.72. The minimum Gasteiger partial charge on any atom is -0.393 e. The van der Waals surface area contributed by atoms with Gasteiger partial charge in [0.1, 0.15) is 12.2 Å². The van der Waals surface area contributed by atoms with E-state index in [1.165, 1.54) is 0 Å². The van der Waals surface area contributed by atoms with E-state index in [4.69, 9.17) is 4.74 Å². The largest absolute Gasteiger partial charge is 0.393 e. The Morgan fingerprint density at radius 3 is 3.27 bits per heavy atom. The van der Waals surface area contributed by atoms with E-state index in [1.807, 2.05) is 11.6 Å². The monoisotopic (exact) mass is 211 g/mol. The molecule has 1 N–H and O–H groups in total. The molecule has 84 valence electrons. The van der Waals surface area contributed by atoms with Crippen molar-refractivity contribution < 1.29 is 9.84 Å². The normalized spacial score (nSPS) is 26.8. The summed E-state index contributed by atoms with van der Waals surface area (Å²) in [6, 6.07) is 0. The van der Waals surface area contributed by atoms with Gasteiger partial charge in [0.15, 0.2) is 0 Å². The number of aromatic nitrogens is 3. The maximum Gasteiger partial charge on any atom is 0.138 e. The summed E-state index contributed by atoms with van der Waals surface area (Å²) in [4.78, 5) is 4.20. The first-order chi connectivity index (χ1) is 7.31. The van der Waals surface area contributed by atoms with Gasteiger partial charge >= 0.3 is 0 Å². The molecule has 0 bridgehead atoms. The molecule has 1 fully saturated rings. The Balaban J connectivity index is 2.01. The first-order valence-corrected chi connectivity index (χ1v) is 5.43. The Kier molecular flexibility index (Phi) is 3.33. The lowest BCUT2D eigenvalue weighted by Crippen LogP contribution is -2.33. The molecule has 0 amide bonds. The Morgan fingerprint density at radius 1 is 1.67 bits per heavy atom. The van der Waals surface area contributed by atoms with E-state index in [0.717, 1.165) is 25.2 Å². The quantitative estimate of drug-likeness (QED) is 0.778. The van der Waals surface area contributed by atoms with E-state index in [0.29, 0.717) is 13.2 Å². The maximum absolute atomic E-state index is 9.79. The lowest BCUT2D eigenvalue weighted by atomic mass is 9.95. The third-order valence-corrected chi connectivity index (χ3v) is 2.87. The molecule has 2 unspecified atom stereocenters. The zero-order valence-electron chi connectivity index (χ0n) is 8.96. The number of aliphatic hydroxyl groups excluding tert-OH is 1. The third kappa shape index (κ3) is 2.35. The van der Waals surface area contributed by atoms with Gasteiger partial charge in [-0.1, -0.05) is 0 Å². The topological polar surface area (TPSA) is 60.2 Å². The molecule has 15 heavy (non-hydrogen) atoms. The van der Waals surface area contributed by atoms with E-state index >= 15 is 0 Å². The van der Waals surface area contributed by atoms with Crippen LogP contribution in [-0.4, -0.2) is 39.2 Å². The molecule has 0 saturated carbocycles. The zero-order valence-corrected chi connectivity index (χ0v) is 8.96. The molecule has 2 rings (SSSR count). The van der Waals surface area contributed by atoms with Gasteiger partial charge < -0.3 is 9.84 Å². The van der Waals surface area contributed by atoms with Crippen LogP contribution in [0.3, 0.4) is 0 Å². The molecule has 1 saturated heterocycles. The number of nitrogens with zero attached hydrogens (tertiary/aromatic N) is 3. The van der Waals surface area contributed by atoms with Crippen molar-refractivity contribution in [2.24, 2.45) is 5.92 Å². The first-order valence-electron chi connectivity index (χ1n) is 5.43. The Bertz CT molecular complexity index is 313. The molecule has 0 aliphatic carbocycles. The third-order valence-electron chi connectivity index (χ3n) is 2.87. The Hall–Kier alpha value is -0.940. The number of aryl methyl sites for hydroxylation is 1. The summed E-state index contributed by atoms with van der Waals surface area (Å²) in [5.41, 5.74) is 0. The molecule has 1 aliphatic rings. The molecular formula is C10H17N3O2. The summed E-state index contributed by atoms with van der Waals surface area (Å²) in [5.74, 6) is 1.10. The van der Waals surface area contributed by atoms with Crippen molar-refractivity contribution in [1.29, 1.82) is 0 Å². The highest BCUT2D eigenvalue weighted by molar-refractivity contribution is 4.90. The molecule has 5 heteroatoms. The predicted octanol–water partition coefficient (Wildman–Crippen LogP) is 0.238. The zero-order chi connectivity index (χ0) is 10.7. The summed E-state index contributed by atoms with van der Waals surface area (Å²) in [6.45, 7) is 4.14. The lowest BCUT2D eigenvalue weighted by molar-refractivity contribution is -0.0360. The molecule has 1 aromatic rings. The van der Waals surface area contributed by atoms with Crippen LogP contribution in [0.2, 0.25) is 0 Å². The molecule has 0 spiro atoms. The molecule has 2 heterocycles. The second-order valence-electron chi connectivity index (χ2n) is 3.89. The van der Waals surface area contributed by atoms with Gasteiger partial charge in [-0.2, -0.15) is 5.10 Å². The highest BCUT2D eigenvalue weighted by Crippen LogP contribution is 2.18. The fourth-order valence-electron chi connectivity index (χ4n) is 1.93. The first kappa shape index (κ1) is 10.6. The molecular weight excluding hydrogens is 194 g/mol. The van der Waals surface area contributed by atoms with Crippen LogP contribution in [0.25, 0.3) is 0 Å². The van der Waals surface area contributed by atoms with Crippen LogP contribution in [0.5, 0.6) is 0 Å². The number of rotatable bonds is 3. The molecule has 0 radical (unpaired) electrons. The molecule has 0 aromatic carbocycles. The van der Waals surface area contributed by atoms with E-state index < -0.39 is 0 Å². The molecule has 1 aromatic heterocycles. The fourth-order valence-corrected chi connectivity index (χ4v) is 1.93. The van der Waals surface area contributed by atoms with Crippen molar-refractivity contribution in [3.05, 3.63) is 12.2 Å². The van der Waals surface area contributed by atoms with Crippen LogP contribution in [0.4, 0.5) is 0 Å². The van der Waals surface area contributed by atoms with E-state index in [2.05, 4.69) is 10.1 Å². The highest BCUT2D eigenvalue weighted by atomic mass is 16.5. The number of hydrogen-bond donors (Lipinski definition) is 1. The highest BCUT2D eigenvalue weighted by Gasteiger charge is 2.25. The van der Waals surface area contributed by atoms with Gasteiger partial charge in [-0.15, -0.1) is 0 Å². The Labute approximate surface area is 89.1 Å². The van der Waals surface area contributed by atoms with Crippen molar-refractivity contribution in [1.82, 2.24) is 14.8 Å². The van der Waals surface area contributed by atoms with E-state index in [1.54, 1.807) is 6.33 Å². The minimum atomic E-state index is -0.263. The van der Waals surface area contributed by atoms with Gasteiger partial charge in [0.25, 0.3) is 0 Å². The van der Waals surface area contributed by atoms with Gasteiger partial charge in [0, 0.05) is 25.5 Å². The summed E-state index contributed by atoms with van der Waals surface area (Å²) in [5, 5.41) is 13.9. The second-order valence-corrected chi connectivity index (χ2v) is 3.89. The van der Waals surface area contributed by atoms with Gasteiger partial charge in [-0.25, -0.2) is 4.98 Å². The minimum absolute atomic E-state index is 0.160. The number of ether oxygens (including phenoxy) is 1. The summed E-state index contributed by atoms with van der Waals surface area (Å²) < 4.78 is 7.22. The van der Waals surface area contributed by atoms with Crippen LogP contribution < -0.4 is 0 Å². The van der Waals surface area contributed by atoms with Crippen molar-refractivity contribution in [3.63, 3.8) is 0 Å². The molecule has 5 nitrogen and oxygen atoms in total. The van der Waals surface area contributed by atoms with Crippen LogP contribution >= 0.6 is 0 Å². The average molecular weight is 211 g/mol. The van der Waals surface area contributed by atoms with Crippen LogP contribution in [0.15, 0.2) is 6.33 Å². The van der Waals surface area contributed by atoms with Gasteiger partial charge in [-0.3, -0.25) is 4.68 Å². The summed E-state index contributed by atoms with van der Waals surface area (Å²) in [7, 11) is 0. The van der Waals surface area contributed by atoms with Gasteiger partial charge in [-0.05, 0) is 13.3 Å². The maximum atomic E-state index is 9.79.